The van der Waals surface area contributed by atoms with Crippen molar-refractivity contribution in [3.8, 4) is 5.92 Å². The van der Waals surface area contributed by atoms with Crippen molar-refractivity contribution in [2.24, 2.45) is 5.92 Å². The maximum absolute atomic E-state index is 6.75. The summed E-state index contributed by atoms with van der Waals surface area (Å²) in [6.45, 7) is 0. The van der Waals surface area contributed by atoms with E-state index in [2.05, 4.69) is 133 Å². The Balaban J connectivity index is 0.000000323. The molecule has 0 aliphatic heterocycles. The summed E-state index contributed by atoms with van der Waals surface area (Å²) < 4.78 is 0. The van der Waals surface area contributed by atoms with E-state index in [0.717, 1.165) is 0 Å². The van der Waals surface area contributed by atoms with Crippen LogP contribution in [-0.2, 0) is 38.1 Å². The van der Waals surface area contributed by atoms with Gasteiger partial charge in [0.15, 0.2) is 0 Å². The first-order valence-electron chi connectivity index (χ1n) is 16.9. The molecule has 5 aromatic rings. The third-order valence-electron chi connectivity index (χ3n) is 8.24. The van der Waals surface area contributed by atoms with E-state index >= 15 is 0 Å². The Labute approximate surface area is 319 Å². The maximum atomic E-state index is 6.75. The van der Waals surface area contributed by atoms with Crippen LogP contribution in [0, 0.1) is 24.3 Å². The summed E-state index contributed by atoms with van der Waals surface area (Å²) >= 11 is 0. The van der Waals surface area contributed by atoms with Crippen molar-refractivity contribution in [1.29, 1.82) is 0 Å². The minimum atomic E-state index is -0.348. The Morgan fingerprint density at radius 1 is 0.479 bits per heavy atom. The van der Waals surface area contributed by atoms with E-state index < -0.39 is 0 Å². The van der Waals surface area contributed by atoms with E-state index in [0.29, 0.717) is 5.92 Å². The van der Waals surface area contributed by atoms with Gasteiger partial charge in [0.1, 0.15) is 0 Å². The van der Waals surface area contributed by atoms with Gasteiger partial charge in [0, 0.05) is 0 Å². The molecule has 0 saturated heterocycles. The van der Waals surface area contributed by atoms with Gasteiger partial charge in [-0.15, -0.1) is 0 Å². The molecule has 7 rings (SSSR count). The largest absolute Gasteiger partial charge is 2.00 e. The SMILES string of the molecule is C1CCCC1.[C-]#CC1CCCC1.[Fe+2].[Pt+2].[c-]1ccccc1.c1ccc(P(CCP(c2ccccc2)c2ccccc2)c2ccccc2)cc1. The zero-order valence-electron chi connectivity index (χ0n) is 27.9. The van der Waals surface area contributed by atoms with E-state index in [-0.39, 0.29) is 54.0 Å². The average molecular weight is 890 g/mol. The van der Waals surface area contributed by atoms with Crippen LogP contribution in [0.2, 0.25) is 0 Å². The molecule has 0 spiro atoms. The summed E-state index contributed by atoms with van der Waals surface area (Å²) in [6, 6.07) is 56.7. The van der Waals surface area contributed by atoms with Gasteiger partial charge in [-0.05, 0) is 68.1 Å². The van der Waals surface area contributed by atoms with Crippen molar-refractivity contribution in [1.82, 2.24) is 0 Å². The third kappa shape index (κ3) is 16.0. The first kappa shape index (κ1) is 41.9. The molecule has 2 saturated carbocycles. The quantitative estimate of drug-likeness (QED) is 0.0661. The zero-order chi connectivity index (χ0) is 31.9. The second-order valence-corrected chi connectivity index (χ2v) is 16.3. The first-order chi connectivity index (χ1) is 22.8. The number of hydrogen-bond donors (Lipinski definition) is 0. The number of hydrogen-bond acceptors (Lipinski definition) is 0. The van der Waals surface area contributed by atoms with Crippen molar-refractivity contribution >= 4 is 37.1 Å². The molecular formula is C44H48FeP2Pt+2. The first-order valence-corrected chi connectivity index (χ1v) is 20.0. The van der Waals surface area contributed by atoms with Crippen LogP contribution >= 0.6 is 15.8 Å². The molecule has 0 aromatic heterocycles. The number of rotatable bonds is 7. The molecule has 0 heterocycles. The molecule has 4 heteroatoms. The fraction of sp³-hybridized carbons (Fsp3) is 0.273. The van der Waals surface area contributed by atoms with Gasteiger partial charge in [-0.25, -0.2) is 0 Å². The van der Waals surface area contributed by atoms with Crippen molar-refractivity contribution in [3.63, 3.8) is 0 Å². The van der Waals surface area contributed by atoms with Gasteiger partial charge >= 0.3 is 38.1 Å². The Morgan fingerprint density at radius 2 is 0.771 bits per heavy atom. The minimum absolute atomic E-state index is 0. The molecule has 2 aliphatic carbocycles. The van der Waals surface area contributed by atoms with E-state index in [9.17, 15) is 0 Å². The predicted molar refractivity (Wildman–Crippen MR) is 205 cm³/mol. The normalized spacial score (nSPS) is 13.2. The van der Waals surface area contributed by atoms with Crippen molar-refractivity contribution < 1.29 is 38.1 Å². The smallest absolute Gasteiger partial charge is 0.693 e. The van der Waals surface area contributed by atoms with Gasteiger partial charge in [0.05, 0.1) is 0 Å². The average Bonchev–Trinajstić information content (AvgIpc) is 3.92. The summed E-state index contributed by atoms with van der Waals surface area (Å²) in [6.07, 6.45) is 21.7. The standard InChI is InChI=1S/C26H24P2.C7H9.C6H5.C5H10.Fe.Pt/c1-5-13-23(14-6-1)27(24-15-7-2-8-16-24)21-22-28(25-17-9-3-10-18-25)26-19-11-4-12-20-26;1-2-7-5-3-4-6-7;1-2-4-6-5-3-1;1-2-4-5-3-1;;/h1-20H,21-22H2;7H,3-6H2;1-5H;1-5H2;;/q;2*-1;;2*+2. The van der Waals surface area contributed by atoms with Crippen LogP contribution < -0.4 is 21.2 Å². The molecule has 0 amide bonds. The monoisotopic (exact) mass is 889 g/mol. The fourth-order valence-electron chi connectivity index (χ4n) is 5.74. The van der Waals surface area contributed by atoms with Crippen LogP contribution in [0.1, 0.15) is 57.8 Å². The molecular weight excluding hydrogens is 841 g/mol. The van der Waals surface area contributed by atoms with Gasteiger partial charge in [-0.1, -0.05) is 166 Å². The molecule has 0 atom stereocenters. The second kappa shape index (κ2) is 26.6. The maximum Gasteiger partial charge on any atom is 2.00 e. The zero-order valence-corrected chi connectivity index (χ0v) is 33.0. The third-order valence-corrected chi connectivity index (χ3v) is 13.6. The molecule has 5 aromatic carbocycles. The van der Waals surface area contributed by atoms with Crippen LogP contribution in [0.15, 0.2) is 152 Å². The van der Waals surface area contributed by atoms with Gasteiger partial charge in [0.2, 0.25) is 0 Å². The number of benzene rings is 5. The van der Waals surface area contributed by atoms with Gasteiger partial charge in [0.25, 0.3) is 0 Å². The van der Waals surface area contributed by atoms with E-state index in [4.69, 9.17) is 6.42 Å². The Bertz CT molecular complexity index is 1270. The molecule has 250 valence electrons. The van der Waals surface area contributed by atoms with Crippen LogP contribution in [-0.4, -0.2) is 12.3 Å². The summed E-state index contributed by atoms with van der Waals surface area (Å²) in [5.41, 5.74) is 0. The van der Waals surface area contributed by atoms with Crippen molar-refractivity contribution in [2.45, 2.75) is 57.8 Å². The molecule has 0 radical (unpaired) electrons. The van der Waals surface area contributed by atoms with Crippen LogP contribution in [0.3, 0.4) is 0 Å². The summed E-state index contributed by atoms with van der Waals surface area (Å²) in [7, 11) is -0.696. The molecule has 2 fully saturated rings. The second-order valence-electron chi connectivity index (χ2n) is 11.6. The topological polar surface area (TPSA) is 0 Å². The van der Waals surface area contributed by atoms with Crippen LogP contribution in [0.4, 0.5) is 0 Å². The van der Waals surface area contributed by atoms with Gasteiger partial charge in [-0.3, -0.25) is 0 Å². The van der Waals surface area contributed by atoms with Crippen molar-refractivity contribution in [2.75, 3.05) is 12.3 Å². The van der Waals surface area contributed by atoms with Gasteiger partial charge in [-0.2, -0.15) is 36.4 Å². The molecule has 0 bridgehead atoms. The molecule has 0 unspecified atom stereocenters. The van der Waals surface area contributed by atoms with Crippen molar-refractivity contribution in [3.05, 3.63) is 164 Å². The molecule has 0 nitrogen and oxygen atoms in total. The molecule has 48 heavy (non-hydrogen) atoms. The Morgan fingerprint density at radius 3 is 0.979 bits per heavy atom. The fourth-order valence-corrected chi connectivity index (χ4v) is 11.1. The predicted octanol–water partition coefficient (Wildman–Crippen LogP) is 10.5. The van der Waals surface area contributed by atoms with E-state index in [1.807, 2.05) is 30.3 Å². The molecule has 0 N–H and O–H groups in total. The molecule has 2 aliphatic rings. The Kier molecular flexibility index (Phi) is 23.2. The van der Waals surface area contributed by atoms with Crippen LogP contribution in [0.5, 0.6) is 0 Å². The summed E-state index contributed by atoms with van der Waals surface area (Å²) in [5, 5.41) is 5.89. The van der Waals surface area contributed by atoms with Crippen LogP contribution in [0.25, 0.3) is 0 Å². The van der Waals surface area contributed by atoms with E-state index in [1.54, 1.807) is 0 Å². The van der Waals surface area contributed by atoms with E-state index in [1.165, 1.54) is 91.3 Å². The van der Waals surface area contributed by atoms with Gasteiger partial charge < -0.3 is 12.3 Å². The minimum Gasteiger partial charge on any atom is -0.693 e. The summed E-state index contributed by atoms with van der Waals surface area (Å²) in [5.74, 6) is 3.03. The summed E-state index contributed by atoms with van der Waals surface area (Å²) in [4.78, 5) is 0. The Hall–Kier alpha value is -2.27.